The molecule has 0 unspecified atom stereocenters. The van der Waals surface area contributed by atoms with Crippen molar-refractivity contribution in [1.29, 1.82) is 0 Å². The largest absolute Gasteiger partial charge is 0.355 e. The number of aryl methyl sites for hydroxylation is 1. The molecule has 3 amide bonds. The van der Waals surface area contributed by atoms with E-state index in [0.29, 0.717) is 36.6 Å². The molecule has 0 bridgehead atoms. The molecule has 176 valence electrons. The van der Waals surface area contributed by atoms with Gasteiger partial charge in [0, 0.05) is 31.7 Å². The molecule has 2 aromatic heterocycles. The Bertz CT molecular complexity index is 1250. The summed E-state index contributed by atoms with van der Waals surface area (Å²) in [5.74, 6) is 0.0247. The van der Waals surface area contributed by atoms with Gasteiger partial charge in [-0.3, -0.25) is 10.1 Å². The lowest BCUT2D eigenvalue weighted by Crippen LogP contribution is -2.38. The average molecular weight is 481 g/mol. The number of hydrogen-bond acceptors (Lipinski definition) is 6. The molecule has 1 atom stereocenters. The van der Waals surface area contributed by atoms with Crippen molar-refractivity contribution < 1.29 is 14.0 Å². The maximum atomic E-state index is 14.5. The first-order valence-electron chi connectivity index (χ1n) is 11.2. The molecule has 1 aliphatic carbocycles. The van der Waals surface area contributed by atoms with Crippen LogP contribution < -0.4 is 10.6 Å². The van der Waals surface area contributed by atoms with E-state index in [1.807, 2.05) is 12.1 Å². The molecule has 8 nitrogen and oxygen atoms in total. The van der Waals surface area contributed by atoms with Gasteiger partial charge in [0.15, 0.2) is 0 Å². The Morgan fingerprint density at radius 2 is 2.06 bits per heavy atom. The van der Waals surface area contributed by atoms with Gasteiger partial charge < -0.3 is 10.2 Å². The van der Waals surface area contributed by atoms with Gasteiger partial charge in [-0.2, -0.15) is 4.37 Å². The Labute approximate surface area is 200 Å². The number of hydrogen-bond donors (Lipinski definition) is 2. The first-order chi connectivity index (χ1) is 16.4. The first-order valence-corrected chi connectivity index (χ1v) is 12.0. The minimum Gasteiger partial charge on any atom is -0.355 e. The van der Waals surface area contributed by atoms with E-state index in [2.05, 4.69) is 25.0 Å². The zero-order valence-corrected chi connectivity index (χ0v) is 19.8. The van der Waals surface area contributed by atoms with Crippen LogP contribution in [0.3, 0.4) is 0 Å². The Balaban J connectivity index is 1.43. The third-order valence-electron chi connectivity index (χ3n) is 6.66. The van der Waals surface area contributed by atoms with Gasteiger partial charge in [0.25, 0.3) is 5.91 Å². The van der Waals surface area contributed by atoms with E-state index in [9.17, 15) is 14.0 Å². The summed E-state index contributed by atoms with van der Waals surface area (Å²) in [6.07, 6.45) is 4.18. The van der Waals surface area contributed by atoms with Crippen LogP contribution in [-0.4, -0.2) is 51.3 Å². The number of anilines is 1. The van der Waals surface area contributed by atoms with E-state index >= 15 is 0 Å². The molecule has 1 saturated carbocycles. The minimum absolute atomic E-state index is 0.253. The molecule has 1 aliphatic heterocycles. The molecule has 34 heavy (non-hydrogen) atoms. The highest BCUT2D eigenvalue weighted by Crippen LogP contribution is 2.42. The fourth-order valence-electron chi connectivity index (χ4n) is 4.47. The number of likely N-dealkylation sites (tertiary alicyclic amines) is 1. The molecule has 2 N–H and O–H groups in total. The molecule has 0 spiro atoms. The highest BCUT2D eigenvalue weighted by Gasteiger charge is 2.45. The summed E-state index contributed by atoms with van der Waals surface area (Å²) in [4.78, 5) is 36.4. The molecule has 0 radical (unpaired) electrons. The van der Waals surface area contributed by atoms with Gasteiger partial charge in [0.05, 0.1) is 11.0 Å². The van der Waals surface area contributed by atoms with Gasteiger partial charge in [0.1, 0.15) is 23.0 Å². The normalized spacial score (nSPS) is 19.8. The second kappa shape index (κ2) is 8.75. The van der Waals surface area contributed by atoms with Crippen LogP contribution in [0.15, 0.2) is 36.7 Å². The van der Waals surface area contributed by atoms with Gasteiger partial charge in [-0.15, -0.1) is 0 Å². The van der Waals surface area contributed by atoms with Gasteiger partial charge in [-0.25, -0.2) is 19.2 Å². The third-order valence-corrected chi connectivity index (χ3v) is 7.53. The molecular formula is C24H25FN6O2S. The van der Waals surface area contributed by atoms with E-state index in [4.69, 9.17) is 0 Å². The standard InChI is InChI=1S/C24H25FN6O2S/c1-14-3-6-16(11-18(14)25)24(22-27-13-28-34-22)9-10-31(12-24)23(33)30-20-17(21(32)26-2)7-8-19(29-20)15-4-5-15/h3,6-8,11,13,15H,4-5,9-10,12H2,1-2H3,(H,26,32)(H,29,30,33)/t24-/m0/s1. The molecule has 3 heterocycles. The first kappa shape index (κ1) is 22.4. The fourth-order valence-corrected chi connectivity index (χ4v) is 5.21. The number of pyridine rings is 1. The van der Waals surface area contributed by atoms with Crippen LogP contribution >= 0.6 is 11.5 Å². The Hall–Kier alpha value is -3.40. The van der Waals surface area contributed by atoms with Crippen LogP contribution in [0.2, 0.25) is 0 Å². The van der Waals surface area contributed by atoms with Gasteiger partial charge in [0.2, 0.25) is 0 Å². The molecule has 1 saturated heterocycles. The monoisotopic (exact) mass is 480 g/mol. The second-order valence-corrected chi connectivity index (χ2v) is 9.66. The van der Waals surface area contributed by atoms with Crippen molar-refractivity contribution in [2.75, 3.05) is 25.5 Å². The summed E-state index contributed by atoms with van der Waals surface area (Å²) in [7, 11) is 1.54. The maximum absolute atomic E-state index is 14.5. The number of urea groups is 1. The third kappa shape index (κ3) is 4.02. The highest BCUT2D eigenvalue weighted by atomic mass is 32.1. The maximum Gasteiger partial charge on any atom is 0.323 e. The van der Waals surface area contributed by atoms with Gasteiger partial charge >= 0.3 is 6.03 Å². The summed E-state index contributed by atoms with van der Waals surface area (Å²) in [5.41, 5.74) is 1.87. The molecule has 10 heteroatoms. The topological polar surface area (TPSA) is 100 Å². The zero-order valence-electron chi connectivity index (χ0n) is 19.0. The zero-order chi connectivity index (χ0) is 23.9. The summed E-state index contributed by atoms with van der Waals surface area (Å²) >= 11 is 1.26. The Kier molecular flexibility index (Phi) is 5.76. The minimum atomic E-state index is -0.653. The van der Waals surface area contributed by atoms with Gasteiger partial charge in [-0.1, -0.05) is 12.1 Å². The molecular weight excluding hydrogens is 455 g/mol. The second-order valence-electron chi connectivity index (χ2n) is 8.88. The number of benzene rings is 1. The van der Waals surface area contributed by atoms with Crippen molar-refractivity contribution in [3.8, 4) is 0 Å². The number of carbonyl (C=O) groups is 2. The Morgan fingerprint density at radius 1 is 1.24 bits per heavy atom. The lowest BCUT2D eigenvalue weighted by molar-refractivity contribution is 0.0963. The van der Waals surface area contributed by atoms with E-state index in [1.54, 1.807) is 31.0 Å². The molecule has 1 aromatic carbocycles. The number of carbonyl (C=O) groups excluding carboxylic acids is 2. The number of nitrogens with zero attached hydrogens (tertiary/aromatic N) is 4. The average Bonchev–Trinajstić information content (AvgIpc) is 3.34. The SMILES string of the molecule is CNC(=O)c1ccc(C2CC2)nc1NC(=O)N1CC[C@](c2ccc(C)c(F)c2)(c2ncns2)C1. The van der Waals surface area contributed by atoms with E-state index in [1.165, 1.54) is 23.9 Å². The fraction of sp³-hybridized carbons (Fsp3) is 0.375. The van der Waals surface area contributed by atoms with Crippen molar-refractivity contribution in [1.82, 2.24) is 24.6 Å². The molecule has 5 rings (SSSR count). The van der Waals surface area contributed by atoms with Crippen LogP contribution in [0.5, 0.6) is 0 Å². The van der Waals surface area contributed by atoms with Crippen LogP contribution in [0.25, 0.3) is 0 Å². The predicted octanol–water partition coefficient (Wildman–Crippen LogP) is 3.84. The lowest BCUT2D eigenvalue weighted by atomic mass is 9.80. The summed E-state index contributed by atoms with van der Waals surface area (Å²) < 4.78 is 18.6. The van der Waals surface area contributed by atoms with Crippen LogP contribution in [0.1, 0.15) is 57.4 Å². The predicted molar refractivity (Wildman–Crippen MR) is 127 cm³/mol. The summed E-state index contributed by atoms with van der Waals surface area (Å²) in [6.45, 7) is 2.48. The van der Waals surface area contributed by atoms with E-state index in [-0.39, 0.29) is 23.6 Å². The van der Waals surface area contributed by atoms with Crippen LogP contribution in [0.4, 0.5) is 15.0 Å². The lowest BCUT2D eigenvalue weighted by Gasteiger charge is -2.28. The van der Waals surface area contributed by atoms with Crippen molar-refractivity contribution in [3.63, 3.8) is 0 Å². The number of amides is 3. The van der Waals surface area contributed by atoms with Gasteiger partial charge in [-0.05, 0) is 67.0 Å². The smallest absolute Gasteiger partial charge is 0.323 e. The van der Waals surface area contributed by atoms with Crippen molar-refractivity contribution in [3.05, 3.63) is 69.9 Å². The summed E-state index contributed by atoms with van der Waals surface area (Å²) in [6, 6.07) is 8.37. The highest BCUT2D eigenvalue weighted by molar-refractivity contribution is 7.05. The molecule has 2 fully saturated rings. The van der Waals surface area contributed by atoms with Crippen molar-refractivity contribution in [2.24, 2.45) is 0 Å². The van der Waals surface area contributed by atoms with Crippen LogP contribution in [-0.2, 0) is 5.41 Å². The van der Waals surface area contributed by atoms with E-state index < -0.39 is 5.41 Å². The Morgan fingerprint density at radius 3 is 2.74 bits per heavy atom. The number of halogens is 1. The summed E-state index contributed by atoms with van der Waals surface area (Å²) in [5, 5.41) is 6.19. The molecule has 2 aliphatic rings. The molecule has 3 aromatic rings. The van der Waals surface area contributed by atoms with Crippen molar-refractivity contribution in [2.45, 2.75) is 37.5 Å². The number of nitrogens with one attached hydrogen (secondary N) is 2. The number of aromatic nitrogens is 3. The quantitative estimate of drug-likeness (QED) is 0.578. The van der Waals surface area contributed by atoms with Crippen LogP contribution in [0, 0.1) is 12.7 Å². The van der Waals surface area contributed by atoms with E-state index in [0.717, 1.165) is 29.1 Å². The number of rotatable bonds is 5. The van der Waals surface area contributed by atoms with Crippen molar-refractivity contribution >= 4 is 29.3 Å².